The lowest BCUT2D eigenvalue weighted by atomic mass is 10.1. The lowest BCUT2D eigenvalue weighted by Gasteiger charge is -2.29. The van der Waals surface area contributed by atoms with Gasteiger partial charge < -0.3 is 15.0 Å². The van der Waals surface area contributed by atoms with Crippen molar-refractivity contribution in [3.63, 3.8) is 0 Å². The first-order valence-corrected chi connectivity index (χ1v) is 9.10. The minimum absolute atomic E-state index is 0.0504. The molecule has 2 rings (SSSR count). The van der Waals surface area contributed by atoms with Crippen LogP contribution in [-0.2, 0) is 12.6 Å². The van der Waals surface area contributed by atoms with E-state index >= 15 is 0 Å². The van der Waals surface area contributed by atoms with E-state index < -0.39 is 17.8 Å². The molecule has 0 heterocycles. The summed E-state index contributed by atoms with van der Waals surface area (Å²) < 4.78 is 44.8. The van der Waals surface area contributed by atoms with Crippen LogP contribution in [0.15, 0.2) is 42.5 Å². The number of hydrogen-bond acceptors (Lipinski definition) is 2. The lowest BCUT2D eigenvalue weighted by Crippen LogP contribution is -2.42. The standard InChI is InChI=1S/C20H22ClF3N2O2/c1-4-26(13(2)11-14-5-8-16(28-3)9-6-14)19(27)25-18-10-7-15(21)12-17(18)20(22,23)24/h5-10,12-13H,4,11H2,1-3H3,(H,25,27). The molecule has 2 aromatic carbocycles. The Bertz CT molecular complexity index is 810. The summed E-state index contributed by atoms with van der Waals surface area (Å²) in [5, 5.41) is 2.32. The molecule has 0 aliphatic carbocycles. The van der Waals surface area contributed by atoms with E-state index in [1.165, 1.54) is 11.0 Å². The van der Waals surface area contributed by atoms with Gasteiger partial charge in [0.1, 0.15) is 5.75 Å². The number of nitrogens with zero attached hydrogens (tertiary/aromatic N) is 1. The topological polar surface area (TPSA) is 41.6 Å². The molecule has 0 saturated carbocycles. The summed E-state index contributed by atoms with van der Waals surface area (Å²) in [6.45, 7) is 3.97. The van der Waals surface area contributed by atoms with Gasteiger partial charge in [-0.15, -0.1) is 0 Å². The van der Waals surface area contributed by atoms with E-state index in [9.17, 15) is 18.0 Å². The summed E-state index contributed by atoms with van der Waals surface area (Å²) >= 11 is 5.68. The minimum atomic E-state index is -4.63. The highest BCUT2D eigenvalue weighted by Crippen LogP contribution is 2.36. The number of halogens is 4. The summed E-state index contributed by atoms with van der Waals surface area (Å²) in [7, 11) is 1.58. The Kier molecular flexibility index (Phi) is 7.18. The van der Waals surface area contributed by atoms with Gasteiger partial charge in [-0.2, -0.15) is 13.2 Å². The van der Waals surface area contributed by atoms with Crippen LogP contribution in [-0.4, -0.2) is 30.6 Å². The van der Waals surface area contributed by atoms with Crippen LogP contribution >= 0.6 is 11.6 Å². The molecule has 2 amide bonds. The second kappa shape index (κ2) is 9.19. The van der Waals surface area contributed by atoms with Gasteiger partial charge in [-0.1, -0.05) is 23.7 Å². The molecule has 0 bridgehead atoms. The molecule has 1 atom stereocenters. The van der Waals surface area contributed by atoms with E-state index in [4.69, 9.17) is 16.3 Å². The zero-order valence-corrected chi connectivity index (χ0v) is 16.6. The second-order valence-electron chi connectivity index (χ2n) is 6.31. The van der Waals surface area contributed by atoms with Gasteiger partial charge >= 0.3 is 12.2 Å². The predicted octanol–water partition coefficient (Wildman–Crippen LogP) is 5.85. The number of hydrogen-bond donors (Lipinski definition) is 1. The van der Waals surface area contributed by atoms with Gasteiger partial charge in [-0.05, 0) is 56.2 Å². The molecular weight excluding hydrogens is 393 g/mol. The van der Waals surface area contributed by atoms with Crippen molar-refractivity contribution in [3.05, 3.63) is 58.6 Å². The summed E-state index contributed by atoms with van der Waals surface area (Å²) in [6.07, 6.45) is -4.07. The third-order valence-electron chi connectivity index (χ3n) is 4.35. The molecule has 0 radical (unpaired) electrons. The van der Waals surface area contributed by atoms with E-state index in [1.807, 2.05) is 31.2 Å². The Morgan fingerprint density at radius 3 is 2.39 bits per heavy atom. The number of carbonyl (C=O) groups is 1. The number of rotatable bonds is 6. The highest BCUT2D eigenvalue weighted by molar-refractivity contribution is 6.30. The minimum Gasteiger partial charge on any atom is -0.497 e. The van der Waals surface area contributed by atoms with Crippen LogP contribution in [0.2, 0.25) is 5.02 Å². The molecule has 28 heavy (non-hydrogen) atoms. The molecule has 152 valence electrons. The number of anilines is 1. The van der Waals surface area contributed by atoms with Crippen molar-refractivity contribution in [2.75, 3.05) is 19.0 Å². The first-order chi connectivity index (χ1) is 13.2. The number of amides is 2. The fourth-order valence-corrected chi connectivity index (χ4v) is 3.09. The maximum Gasteiger partial charge on any atom is 0.418 e. The lowest BCUT2D eigenvalue weighted by molar-refractivity contribution is -0.136. The Hall–Kier alpha value is -2.41. The molecule has 1 unspecified atom stereocenters. The van der Waals surface area contributed by atoms with Gasteiger partial charge in [0.2, 0.25) is 0 Å². The van der Waals surface area contributed by atoms with Crippen molar-refractivity contribution in [2.24, 2.45) is 0 Å². The Balaban J connectivity index is 2.14. The number of carbonyl (C=O) groups excluding carboxylic acids is 1. The number of ether oxygens (including phenoxy) is 1. The van der Waals surface area contributed by atoms with Crippen LogP contribution in [0.25, 0.3) is 0 Å². The second-order valence-corrected chi connectivity index (χ2v) is 6.74. The Labute approximate surface area is 167 Å². The summed E-state index contributed by atoms with van der Waals surface area (Å²) in [5.74, 6) is 0.726. The average molecular weight is 415 g/mol. The smallest absolute Gasteiger partial charge is 0.418 e. The van der Waals surface area contributed by atoms with Crippen LogP contribution in [0.4, 0.5) is 23.7 Å². The van der Waals surface area contributed by atoms with Crippen LogP contribution in [0.5, 0.6) is 5.75 Å². The molecule has 8 heteroatoms. The van der Waals surface area contributed by atoms with Gasteiger partial charge in [-0.3, -0.25) is 0 Å². The normalized spacial score (nSPS) is 12.4. The third-order valence-corrected chi connectivity index (χ3v) is 4.59. The van der Waals surface area contributed by atoms with Crippen molar-refractivity contribution < 1.29 is 22.7 Å². The van der Waals surface area contributed by atoms with Gasteiger partial charge in [-0.25, -0.2) is 4.79 Å². The van der Waals surface area contributed by atoms with Gasteiger partial charge in [0.05, 0.1) is 18.4 Å². The largest absolute Gasteiger partial charge is 0.497 e. The molecule has 4 nitrogen and oxygen atoms in total. The molecular formula is C20H22ClF3N2O2. The van der Waals surface area contributed by atoms with Gasteiger partial charge in [0.25, 0.3) is 0 Å². The van der Waals surface area contributed by atoms with E-state index in [1.54, 1.807) is 14.0 Å². The van der Waals surface area contributed by atoms with E-state index in [-0.39, 0.29) is 16.8 Å². The molecule has 1 N–H and O–H groups in total. The Morgan fingerprint density at radius 2 is 1.86 bits per heavy atom. The predicted molar refractivity (Wildman–Crippen MR) is 104 cm³/mol. The van der Waals surface area contributed by atoms with Crippen LogP contribution < -0.4 is 10.1 Å². The van der Waals surface area contributed by atoms with Crippen LogP contribution in [0.3, 0.4) is 0 Å². The van der Waals surface area contributed by atoms with E-state index in [0.717, 1.165) is 23.4 Å². The molecule has 0 fully saturated rings. The number of benzene rings is 2. The number of likely N-dealkylation sites (N-methyl/N-ethyl adjacent to an activating group) is 1. The summed E-state index contributed by atoms with van der Waals surface area (Å²) in [6, 6.07) is 9.87. The third kappa shape index (κ3) is 5.55. The number of urea groups is 1. The van der Waals surface area contributed by atoms with Crippen molar-refractivity contribution in [2.45, 2.75) is 32.5 Å². The van der Waals surface area contributed by atoms with Crippen molar-refractivity contribution in [3.8, 4) is 5.75 Å². The van der Waals surface area contributed by atoms with E-state index in [2.05, 4.69) is 5.32 Å². The summed E-state index contributed by atoms with van der Waals surface area (Å²) in [4.78, 5) is 14.1. The molecule has 0 saturated heterocycles. The first-order valence-electron chi connectivity index (χ1n) is 8.73. The van der Waals surface area contributed by atoms with Crippen molar-refractivity contribution >= 4 is 23.3 Å². The monoisotopic (exact) mass is 414 g/mol. The molecule has 0 aliphatic heterocycles. The number of methoxy groups -OCH3 is 1. The maximum absolute atomic E-state index is 13.2. The first kappa shape index (κ1) is 21.9. The number of nitrogens with one attached hydrogen (secondary N) is 1. The van der Waals surface area contributed by atoms with Gasteiger partial charge in [0.15, 0.2) is 0 Å². The zero-order chi connectivity index (χ0) is 20.9. The SMILES string of the molecule is CCN(C(=O)Nc1ccc(Cl)cc1C(F)(F)F)C(C)Cc1ccc(OC)cc1. The quantitative estimate of drug-likeness (QED) is 0.644. The summed E-state index contributed by atoms with van der Waals surface area (Å²) in [5.41, 5.74) is -0.314. The van der Waals surface area contributed by atoms with Crippen molar-refractivity contribution in [1.82, 2.24) is 4.90 Å². The molecule has 0 spiro atoms. The maximum atomic E-state index is 13.2. The Morgan fingerprint density at radius 1 is 1.21 bits per heavy atom. The van der Waals surface area contributed by atoms with Gasteiger partial charge in [0, 0.05) is 17.6 Å². The molecule has 0 aliphatic rings. The zero-order valence-electron chi connectivity index (χ0n) is 15.8. The fraction of sp³-hybridized carbons (Fsp3) is 0.350. The van der Waals surface area contributed by atoms with Crippen molar-refractivity contribution in [1.29, 1.82) is 0 Å². The average Bonchev–Trinajstić information content (AvgIpc) is 2.63. The highest BCUT2D eigenvalue weighted by Gasteiger charge is 2.34. The number of alkyl halides is 3. The van der Waals surface area contributed by atoms with Crippen LogP contribution in [0, 0.1) is 0 Å². The molecule has 2 aromatic rings. The molecule has 0 aromatic heterocycles. The highest BCUT2D eigenvalue weighted by atomic mass is 35.5. The van der Waals surface area contributed by atoms with E-state index in [0.29, 0.717) is 13.0 Å². The van der Waals surface area contributed by atoms with Crippen LogP contribution in [0.1, 0.15) is 25.0 Å². The fourth-order valence-electron chi connectivity index (χ4n) is 2.92.